The standard InChI is InChI=1S/C16H25N3O/c1-3-18-16(17-2)19-10-9-15(11-19)13-20-12-14-7-5-4-6-8-14/h4-8,15H,3,9-13H2,1-2H3,(H,17,18). The van der Waals surface area contributed by atoms with Crippen molar-refractivity contribution >= 4 is 5.96 Å². The molecule has 1 heterocycles. The Kier molecular flexibility index (Phi) is 5.87. The molecule has 4 nitrogen and oxygen atoms in total. The Morgan fingerprint density at radius 3 is 2.90 bits per heavy atom. The number of hydrogen-bond acceptors (Lipinski definition) is 2. The van der Waals surface area contributed by atoms with E-state index in [1.54, 1.807) is 0 Å². The molecule has 20 heavy (non-hydrogen) atoms. The molecular formula is C16H25N3O. The van der Waals surface area contributed by atoms with Gasteiger partial charge in [-0.2, -0.15) is 0 Å². The van der Waals surface area contributed by atoms with Crippen LogP contribution >= 0.6 is 0 Å². The van der Waals surface area contributed by atoms with Crippen molar-refractivity contribution in [3.8, 4) is 0 Å². The van der Waals surface area contributed by atoms with Crippen LogP contribution in [0, 0.1) is 5.92 Å². The molecule has 0 radical (unpaired) electrons. The number of rotatable bonds is 5. The van der Waals surface area contributed by atoms with E-state index >= 15 is 0 Å². The summed E-state index contributed by atoms with van der Waals surface area (Å²) in [6.45, 7) is 6.65. The zero-order chi connectivity index (χ0) is 14.2. The third-order valence-corrected chi connectivity index (χ3v) is 3.60. The van der Waals surface area contributed by atoms with Crippen molar-refractivity contribution in [3.63, 3.8) is 0 Å². The molecule has 1 aromatic carbocycles. The van der Waals surface area contributed by atoms with Crippen LogP contribution in [0.5, 0.6) is 0 Å². The molecule has 0 amide bonds. The second-order valence-electron chi connectivity index (χ2n) is 5.18. The van der Waals surface area contributed by atoms with Crippen LogP contribution in [0.3, 0.4) is 0 Å². The lowest BCUT2D eigenvalue weighted by Gasteiger charge is -2.21. The van der Waals surface area contributed by atoms with Gasteiger partial charge in [0.05, 0.1) is 13.2 Å². The van der Waals surface area contributed by atoms with Crippen molar-refractivity contribution in [2.45, 2.75) is 20.0 Å². The molecule has 0 aromatic heterocycles. The van der Waals surface area contributed by atoms with E-state index in [1.165, 1.54) is 12.0 Å². The van der Waals surface area contributed by atoms with Crippen molar-refractivity contribution in [2.75, 3.05) is 33.3 Å². The molecule has 0 aliphatic carbocycles. The first-order chi connectivity index (χ1) is 9.83. The fourth-order valence-electron chi connectivity index (χ4n) is 2.57. The number of benzene rings is 1. The Morgan fingerprint density at radius 1 is 1.40 bits per heavy atom. The van der Waals surface area contributed by atoms with Gasteiger partial charge >= 0.3 is 0 Å². The Hall–Kier alpha value is -1.55. The largest absolute Gasteiger partial charge is 0.376 e. The van der Waals surface area contributed by atoms with E-state index < -0.39 is 0 Å². The Labute approximate surface area is 121 Å². The molecule has 0 bridgehead atoms. The van der Waals surface area contributed by atoms with Gasteiger partial charge in [-0.05, 0) is 18.9 Å². The molecule has 1 aromatic rings. The van der Waals surface area contributed by atoms with Crippen LogP contribution in [0.25, 0.3) is 0 Å². The summed E-state index contributed by atoms with van der Waals surface area (Å²) in [4.78, 5) is 6.63. The van der Waals surface area contributed by atoms with Crippen molar-refractivity contribution in [3.05, 3.63) is 35.9 Å². The monoisotopic (exact) mass is 275 g/mol. The van der Waals surface area contributed by atoms with Gasteiger partial charge < -0.3 is 15.0 Å². The van der Waals surface area contributed by atoms with E-state index in [1.807, 2.05) is 13.1 Å². The highest BCUT2D eigenvalue weighted by molar-refractivity contribution is 5.80. The second kappa shape index (κ2) is 7.90. The van der Waals surface area contributed by atoms with Gasteiger partial charge in [0, 0.05) is 32.6 Å². The number of guanidine groups is 1. The summed E-state index contributed by atoms with van der Waals surface area (Å²) in [5.41, 5.74) is 1.24. The van der Waals surface area contributed by atoms with E-state index in [-0.39, 0.29) is 0 Å². The molecule has 1 atom stereocenters. The zero-order valence-electron chi connectivity index (χ0n) is 12.5. The number of aliphatic imine (C=N–C) groups is 1. The van der Waals surface area contributed by atoms with E-state index in [9.17, 15) is 0 Å². The molecule has 1 fully saturated rings. The number of hydrogen-bond donors (Lipinski definition) is 1. The number of nitrogens with zero attached hydrogens (tertiary/aromatic N) is 2. The van der Waals surface area contributed by atoms with Gasteiger partial charge in [0.25, 0.3) is 0 Å². The summed E-state index contributed by atoms with van der Waals surface area (Å²) in [5, 5.41) is 3.31. The van der Waals surface area contributed by atoms with Crippen LogP contribution in [0.4, 0.5) is 0 Å². The highest BCUT2D eigenvalue weighted by atomic mass is 16.5. The first kappa shape index (κ1) is 14.9. The quantitative estimate of drug-likeness (QED) is 0.660. The first-order valence-corrected chi connectivity index (χ1v) is 7.40. The van der Waals surface area contributed by atoms with Gasteiger partial charge in [-0.3, -0.25) is 4.99 Å². The maximum atomic E-state index is 5.84. The molecule has 0 saturated carbocycles. The van der Waals surface area contributed by atoms with Crippen LogP contribution in [0.2, 0.25) is 0 Å². The Morgan fingerprint density at radius 2 is 2.20 bits per heavy atom. The van der Waals surface area contributed by atoms with Crippen LogP contribution in [0.15, 0.2) is 35.3 Å². The van der Waals surface area contributed by atoms with Gasteiger partial charge in [-0.25, -0.2) is 0 Å². The molecule has 1 unspecified atom stereocenters. The number of likely N-dealkylation sites (tertiary alicyclic amines) is 1. The Bertz CT molecular complexity index is 419. The Balaban J connectivity index is 1.71. The molecule has 4 heteroatoms. The lowest BCUT2D eigenvalue weighted by atomic mass is 10.1. The summed E-state index contributed by atoms with van der Waals surface area (Å²) >= 11 is 0. The summed E-state index contributed by atoms with van der Waals surface area (Å²) in [7, 11) is 1.84. The maximum absolute atomic E-state index is 5.84. The molecular weight excluding hydrogens is 250 g/mol. The predicted octanol–water partition coefficient (Wildman–Crippen LogP) is 2.12. The maximum Gasteiger partial charge on any atom is 0.193 e. The second-order valence-corrected chi connectivity index (χ2v) is 5.18. The third kappa shape index (κ3) is 4.23. The normalized spacial score (nSPS) is 19.4. The van der Waals surface area contributed by atoms with Crippen LogP contribution in [0.1, 0.15) is 18.9 Å². The van der Waals surface area contributed by atoms with Crippen LogP contribution in [-0.4, -0.2) is 44.1 Å². The highest BCUT2D eigenvalue weighted by Crippen LogP contribution is 2.17. The van der Waals surface area contributed by atoms with Gasteiger partial charge in [0.1, 0.15) is 0 Å². The van der Waals surface area contributed by atoms with Gasteiger partial charge in [-0.15, -0.1) is 0 Å². The van der Waals surface area contributed by atoms with Crippen molar-refractivity contribution in [1.29, 1.82) is 0 Å². The summed E-state index contributed by atoms with van der Waals surface area (Å²) in [6, 6.07) is 10.3. The summed E-state index contributed by atoms with van der Waals surface area (Å²) in [6.07, 6.45) is 1.18. The number of ether oxygens (including phenoxy) is 1. The van der Waals surface area contributed by atoms with Crippen molar-refractivity contribution in [2.24, 2.45) is 10.9 Å². The van der Waals surface area contributed by atoms with Crippen LogP contribution in [-0.2, 0) is 11.3 Å². The fourth-order valence-corrected chi connectivity index (χ4v) is 2.57. The molecule has 1 N–H and O–H groups in total. The average molecular weight is 275 g/mol. The smallest absolute Gasteiger partial charge is 0.193 e. The molecule has 2 rings (SSSR count). The molecule has 1 aliphatic rings. The van der Waals surface area contributed by atoms with Gasteiger partial charge in [0.2, 0.25) is 0 Å². The molecule has 1 aliphatic heterocycles. The SMILES string of the molecule is CCNC(=NC)N1CCC(COCc2ccccc2)C1. The first-order valence-electron chi connectivity index (χ1n) is 7.40. The average Bonchev–Trinajstić information content (AvgIpc) is 2.94. The van der Waals surface area contributed by atoms with E-state index in [0.29, 0.717) is 12.5 Å². The third-order valence-electron chi connectivity index (χ3n) is 3.60. The van der Waals surface area contributed by atoms with E-state index in [0.717, 1.165) is 32.2 Å². The minimum Gasteiger partial charge on any atom is -0.376 e. The lowest BCUT2D eigenvalue weighted by Crippen LogP contribution is -2.40. The molecule has 1 saturated heterocycles. The van der Waals surface area contributed by atoms with Crippen molar-refractivity contribution < 1.29 is 4.74 Å². The van der Waals surface area contributed by atoms with Gasteiger partial charge in [0.15, 0.2) is 5.96 Å². The summed E-state index contributed by atoms with van der Waals surface area (Å²) in [5.74, 6) is 1.62. The van der Waals surface area contributed by atoms with E-state index in [4.69, 9.17) is 4.74 Å². The minimum absolute atomic E-state index is 0.606. The predicted molar refractivity (Wildman–Crippen MR) is 82.8 cm³/mol. The zero-order valence-corrected chi connectivity index (χ0v) is 12.5. The fraction of sp³-hybridized carbons (Fsp3) is 0.562. The number of nitrogens with one attached hydrogen (secondary N) is 1. The van der Waals surface area contributed by atoms with Gasteiger partial charge in [-0.1, -0.05) is 30.3 Å². The topological polar surface area (TPSA) is 36.9 Å². The summed E-state index contributed by atoms with van der Waals surface area (Å²) < 4.78 is 5.84. The molecule has 0 spiro atoms. The minimum atomic E-state index is 0.606. The lowest BCUT2D eigenvalue weighted by molar-refractivity contribution is 0.0907. The van der Waals surface area contributed by atoms with Crippen LogP contribution < -0.4 is 5.32 Å². The van der Waals surface area contributed by atoms with Crippen molar-refractivity contribution in [1.82, 2.24) is 10.2 Å². The molecule has 110 valence electrons. The highest BCUT2D eigenvalue weighted by Gasteiger charge is 2.24. The van der Waals surface area contributed by atoms with E-state index in [2.05, 4.69) is 46.4 Å².